The Labute approximate surface area is 210 Å². The summed E-state index contributed by atoms with van der Waals surface area (Å²) in [4.78, 5) is 16.2. The number of nitrogens with one attached hydrogen (secondary N) is 1. The summed E-state index contributed by atoms with van der Waals surface area (Å²) >= 11 is 0. The molecule has 1 aliphatic heterocycles. The van der Waals surface area contributed by atoms with Crippen LogP contribution in [0.25, 0.3) is 10.9 Å². The zero-order valence-electron chi connectivity index (χ0n) is 20.8. The molecular formula is C28H32N4O4. The molecule has 0 spiro atoms. The van der Waals surface area contributed by atoms with E-state index >= 15 is 0 Å². The first kappa shape index (κ1) is 24.1. The third-order valence-electron chi connectivity index (χ3n) is 6.90. The van der Waals surface area contributed by atoms with Gasteiger partial charge in [-0.25, -0.2) is 0 Å². The van der Waals surface area contributed by atoms with Gasteiger partial charge < -0.3 is 23.9 Å². The van der Waals surface area contributed by atoms with Crippen molar-refractivity contribution in [3.05, 3.63) is 83.4 Å². The van der Waals surface area contributed by atoms with Crippen molar-refractivity contribution in [1.82, 2.24) is 19.9 Å². The molecule has 0 aliphatic carbocycles. The van der Waals surface area contributed by atoms with E-state index in [1.807, 2.05) is 55.5 Å². The fourth-order valence-electron chi connectivity index (χ4n) is 5.01. The maximum absolute atomic E-state index is 13.8. The Morgan fingerprint density at radius 1 is 1.08 bits per heavy atom. The van der Waals surface area contributed by atoms with Gasteiger partial charge in [-0.15, -0.1) is 0 Å². The van der Waals surface area contributed by atoms with Gasteiger partial charge in [0.25, 0.3) is 5.91 Å². The highest BCUT2D eigenvalue weighted by atomic mass is 16.5. The van der Waals surface area contributed by atoms with Gasteiger partial charge in [0.2, 0.25) is 0 Å². The predicted octanol–water partition coefficient (Wildman–Crippen LogP) is 3.99. The smallest absolute Gasteiger partial charge is 0.254 e. The monoisotopic (exact) mass is 488 g/mol. The zero-order valence-corrected chi connectivity index (χ0v) is 20.8. The Hall–Kier alpha value is -3.62. The van der Waals surface area contributed by atoms with E-state index in [1.165, 1.54) is 6.26 Å². The van der Waals surface area contributed by atoms with Crippen LogP contribution in [0.4, 0.5) is 0 Å². The number of aromatic nitrogens is 2. The van der Waals surface area contributed by atoms with Crippen LogP contribution in [0, 0.1) is 6.92 Å². The molecule has 1 amide bonds. The molecule has 1 saturated heterocycles. The van der Waals surface area contributed by atoms with Gasteiger partial charge in [-0.2, -0.15) is 0 Å². The van der Waals surface area contributed by atoms with Crippen LogP contribution in [-0.4, -0.2) is 60.5 Å². The number of benzene rings is 2. The third kappa shape index (κ3) is 5.01. The van der Waals surface area contributed by atoms with Crippen LogP contribution in [-0.2, 0) is 17.7 Å². The van der Waals surface area contributed by atoms with Crippen molar-refractivity contribution in [3.8, 4) is 5.75 Å². The lowest BCUT2D eigenvalue weighted by Gasteiger charge is -2.27. The van der Waals surface area contributed by atoms with Crippen LogP contribution in [0.15, 0.2) is 65.4 Å². The minimum atomic E-state index is -0.324. The van der Waals surface area contributed by atoms with Crippen molar-refractivity contribution in [2.24, 2.45) is 0 Å². The highest BCUT2D eigenvalue weighted by Gasteiger charge is 2.26. The molecule has 1 atom stereocenters. The third-order valence-corrected chi connectivity index (χ3v) is 6.90. The fourth-order valence-corrected chi connectivity index (χ4v) is 5.01. The first-order valence-corrected chi connectivity index (χ1v) is 12.4. The average molecular weight is 489 g/mol. The Morgan fingerprint density at radius 2 is 1.89 bits per heavy atom. The second kappa shape index (κ2) is 11.0. The summed E-state index contributed by atoms with van der Waals surface area (Å²) in [6, 6.07) is 17.4. The van der Waals surface area contributed by atoms with Crippen LogP contribution in [0.2, 0.25) is 0 Å². The standard InChI is InChI=1S/C28H32N4O4/c1-20-26(28(33)29-24(23-11-16-36-30-23)19-21-7-4-3-5-8-21)22-9-6-10-25(34-2)27(22)32(20)13-12-31-14-17-35-18-15-31/h3-11,16,24H,12-15,17-19H2,1-2H3,(H,29,33)/t24-/m0/s1. The quantitative estimate of drug-likeness (QED) is 0.384. The summed E-state index contributed by atoms with van der Waals surface area (Å²) in [6.45, 7) is 7.00. The number of amides is 1. The van der Waals surface area contributed by atoms with Gasteiger partial charge in [-0.05, 0) is 25.0 Å². The van der Waals surface area contributed by atoms with E-state index in [2.05, 4.69) is 19.9 Å². The number of methoxy groups -OCH3 is 1. The molecule has 1 fully saturated rings. The molecule has 0 saturated carbocycles. The second-order valence-corrected chi connectivity index (χ2v) is 9.06. The number of nitrogens with zero attached hydrogens (tertiary/aromatic N) is 3. The molecule has 5 rings (SSSR count). The Balaban J connectivity index is 1.47. The van der Waals surface area contributed by atoms with Gasteiger partial charge in [0.1, 0.15) is 17.7 Å². The highest BCUT2D eigenvalue weighted by Crippen LogP contribution is 2.33. The summed E-state index contributed by atoms with van der Waals surface area (Å²) in [5.41, 5.74) is 4.32. The fraction of sp³-hybridized carbons (Fsp3) is 0.357. The molecule has 1 N–H and O–H groups in total. The number of morpholine rings is 1. The molecule has 3 heterocycles. The van der Waals surface area contributed by atoms with Gasteiger partial charge in [0.05, 0.1) is 37.4 Å². The lowest BCUT2D eigenvalue weighted by atomic mass is 10.0. The molecule has 2 aromatic heterocycles. The van der Waals surface area contributed by atoms with Crippen LogP contribution < -0.4 is 10.1 Å². The van der Waals surface area contributed by atoms with Gasteiger partial charge in [-0.1, -0.05) is 47.6 Å². The van der Waals surface area contributed by atoms with Crippen LogP contribution in [0.1, 0.15) is 33.4 Å². The van der Waals surface area contributed by atoms with Crippen molar-refractivity contribution in [3.63, 3.8) is 0 Å². The van der Waals surface area contributed by atoms with Crippen molar-refractivity contribution >= 4 is 16.8 Å². The van der Waals surface area contributed by atoms with Gasteiger partial charge in [0.15, 0.2) is 0 Å². The molecule has 0 radical (unpaired) electrons. The van der Waals surface area contributed by atoms with Crippen LogP contribution in [0.3, 0.4) is 0 Å². The molecule has 1 aliphatic rings. The van der Waals surface area contributed by atoms with Crippen molar-refractivity contribution in [1.29, 1.82) is 0 Å². The summed E-state index contributed by atoms with van der Waals surface area (Å²) in [6.07, 6.45) is 2.14. The minimum absolute atomic E-state index is 0.139. The van der Waals surface area contributed by atoms with Crippen molar-refractivity contribution < 1.29 is 18.8 Å². The molecular weight excluding hydrogens is 456 g/mol. The SMILES string of the molecule is COc1cccc2c(C(=O)N[C@@H](Cc3ccccc3)c3ccon3)c(C)n(CCN3CCOCC3)c12. The molecule has 188 valence electrons. The first-order chi connectivity index (χ1) is 17.7. The summed E-state index contributed by atoms with van der Waals surface area (Å²) in [5, 5.41) is 8.24. The largest absolute Gasteiger partial charge is 0.495 e. The van der Waals surface area contributed by atoms with Crippen molar-refractivity contribution in [2.75, 3.05) is 40.0 Å². The molecule has 4 aromatic rings. The van der Waals surface area contributed by atoms with E-state index in [0.29, 0.717) is 17.7 Å². The number of para-hydroxylation sites is 1. The van der Waals surface area contributed by atoms with E-state index in [4.69, 9.17) is 14.0 Å². The molecule has 8 heteroatoms. The number of rotatable bonds is 9. The maximum atomic E-state index is 13.8. The lowest BCUT2D eigenvalue weighted by Crippen LogP contribution is -2.38. The van der Waals surface area contributed by atoms with Crippen molar-refractivity contribution in [2.45, 2.75) is 25.9 Å². The van der Waals surface area contributed by atoms with E-state index < -0.39 is 0 Å². The van der Waals surface area contributed by atoms with Gasteiger partial charge in [-0.3, -0.25) is 9.69 Å². The summed E-state index contributed by atoms with van der Waals surface area (Å²) in [7, 11) is 1.67. The van der Waals surface area contributed by atoms with Crippen LogP contribution >= 0.6 is 0 Å². The Morgan fingerprint density at radius 3 is 2.61 bits per heavy atom. The number of carbonyl (C=O) groups excluding carboxylic acids is 1. The summed E-state index contributed by atoms with van der Waals surface area (Å²) in [5.74, 6) is 0.619. The Kier molecular flexibility index (Phi) is 7.34. The number of fused-ring (bicyclic) bond motifs is 1. The van der Waals surface area contributed by atoms with Gasteiger partial charge in [0, 0.05) is 43.3 Å². The van der Waals surface area contributed by atoms with E-state index in [-0.39, 0.29) is 11.9 Å². The minimum Gasteiger partial charge on any atom is -0.495 e. The zero-order chi connectivity index (χ0) is 24.9. The van der Waals surface area contributed by atoms with Crippen LogP contribution in [0.5, 0.6) is 5.75 Å². The van der Waals surface area contributed by atoms with E-state index in [0.717, 1.165) is 67.3 Å². The number of hydrogen-bond donors (Lipinski definition) is 1. The Bertz CT molecular complexity index is 1290. The normalized spacial score (nSPS) is 15.2. The topological polar surface area (TPSA) is 81.8 Å². The van der Waals surface area contributed by atoms with E-state index in [1.54, 1.807) is 13.2 Å². The van der Waals surface area contributed by atoms with E-state index in [9.17, 15) is 4.79 Å². The molecule has 0 unspecified atom stereocenters. The highest BCUT2D eigenvalue weighted by molar-refractivity contribution is 6.09. The molecule has 0 bridgehead atoms. The second-order valence-electron chi connectivity index (χ2n) is 9.06. The lowest BCUT2D eigenvalue weighted by molar-refractivity contribution is 0.0365. The van der Waals surface area contributed by atoms with Gasteiger partial charge >= 0.3 is 0 Å². The predicted molar refractivity (Wildman–Crippen MR) is 137 cm³/mol. The first-order valence-electron chi connectivity index (χ1n) is 12.4. The number of hydrogen-bond acceptors (Lipinski definition) is 6. The number of carbonyl (C=O) groups is 1. The molecule has 8 nitrogen and oxygen atoms in total. The average Bonchev–Trinajstić information content (AvgIpc) is 3.54. The molecule has 36 heavy (non-hydrogen) atoms. The maximum Gasteiger partial charge on any atom is 0.254 e. The molecule has 2 aromatic carbocycles. The summed E-state index contributed by atoms with van der Waals surface area (Å²) < 4.78 is 18.5. The number of ether oxygens (including phenoxy) is 2.